The Morgan fingerprint density at radius 2 is 1.78 bits per heavy atom. The highest BCUT2D eigenvalue weighted by Crippen LogP contribution is 2.48. The number of ketones is 1. The lowest BCUT2D eigenvalue weighted by molar-refractivity contribution is -0.223. The molecule has 0 bridgehead atoms. The molecule has 1 aliphatic heterocycles. The summed E-state index contributed by atoms with van der Waals surface area (Å²) >= 11 is 0. The maximum Gasteiger partial charge on any atom is 0.421 e. The average molecular weight is 381 g/mol. The lowest BCUT2D eigenvalue weighted by atomic mass is 9.73. The first-order chi connectivity index (χ1) is 12.7. The van der Waals surface area contributed by atoms with E-state index in [1.807, 2.05) is 0 Å². The van der Waals surface area contributed by atoms with E-state index < -0.39 is 17.7 Å². The maximum atomic E-state index is 13.7. The third kappa shape index (κ3) is 2.84. The van der Waals surface area contributed by atoms with Gasteiger partial charge in [0.2, 0.25) is 5.54 Å². The smallest absolute Gasteiger partial charge is 0.421 e. The summed E-state index contributed by atoms with van der Waals surface area (Å²) in [4.78, 5) is 25.5. The van der Waals surface area contributed by atoms with Crippen molar-refractivity contribution in [1.82, 2.24) is 4.90 Å². The highest BCUT2D eigenvalue weighted by molar-refractivity contribution is 6.12. The quantitative estimate of drug-likeness (QED) is 0.593. The van der Waals surface area contributed by atoms with E-state index in [4.69, 9.17) is 4.74 Å². The molecule has 0 radical (unpaired) electrons. The summed E-state index contributed by atoms with van der Waals surface area (Å²) in [6.07, 6.45) is -3.88. The second-order valence-electron chi connectivity index (χ2n) is 6.47. The molecule has 8 heteroatoms. The Hall–Kier alpha value is -2.61. The molecule has 1 atom stereocenters. The first kappa shape index (κ1) is 19.2. The molecule has 5 nitrogen and oxygen atoms in total. The van der Waals surface area contributed by atoms with Crippen LogP contribution in [0, 0.1) is 0 Å². The Balaban J connectivity index is 1.98. The minimum Gasteiger partial charge on any atom is -0.497 e. The van der Waals surface area contributed by atoms with Crippen LogP contribution in [-0.2, 0) is 9.53 Å². The number of carbonyl (C=O) groups excluding carboxylic acids is 2. The molecule has 0 amide bonds. The van der Waals surface area contributed by atoms with Gasteiger partial charge in [-0.15, -0.1) is 0 Å². The summed E-state index contributed by atoms with van der Waals surface area (Å²) in [7, 11) is 3.63. The Kier molecular flexibility index (Phi) is 4.63. The summed E-state index contributed by atoms with van der Waals surface area (Å²) in [5.41, 5.74) is -1.07. The minimum atomic E-state index is -4.84. The monoisotopic (exact) mass is 381 g/mol. The minimum absolute atomic E-state index is 0.0862. The fourth-order valence-electron chi connectivity index (χ4n) is 3.47. The molecule has 1 heterocycles. The van der Waals surface area contributed by atoms with Crippen molar-refractivity contribution in [2.45, 2.75) is 18.1 Å². The zero-order valence-corrected chi connectivity index (χ0v) is 15.0. The number of carbonyl (C=O) groups is 2. The fraction of sp³-hybridized carbons (Fsp3) is 0.368. The van der Waals surface area contributed by atoms with Gasteiger partial charge < -0.3 is 9.47 Å². The zero-order chi connectivity index (χ0) is 20.0. The van der Waals surface area contributed by atoms with Gasteiger partial charge in [-0.2, -0.15) is 13.2 Å². The van der Waals surface area contributed by atoms with Gasteiger partial charge in [0.25, 0.3) is 0 Å². The molecule has 2 aliphatic rings. The Morgan fingerprint density at radius 3 is 2.30 bits per heavy atom. The molecule has 0 aromatic heterocycles. The number of methoxy groups -OCH3 is 2. The van der Waals surface area contributed by atoms with Crippen molar-refractivity contribution in [2.75, 3.05) is 27.8 Å². The van der Waals surface area contributed by atoms with E-state index >= 15 is 0 Å². The second kappa shape index (κ2) is 6.53. The van der Waals surface area contributed by atoms with Crippen molar-refractivity contribution in [3.05, 3.63) is 52.6 Å². The van der Waals surface area contributed by atoms with Gasteiger partial charge in [-0.05, 0) is 48.5 Å². The Bertz CT molecular complexity index is 855. The van der Waals surface area contributed by atoms with Crippen LogP contribution in [0.2, 0.25) is 0 Å². The van der Waals surface area contributed by atoms with E-state index in [9.17, 15) is 22.8 Å². The number of alkyl halides is 3. The Morgan fingerprint density at radius 1 is 1.15 bits per heavy atom. The molecule has 1 aliphatic carbocycles. The number of fused-ring (bicyclic) bond motifs is 1. The summed E-state index contributed by atoms with van der Waals surface area (Å²) in [6, 6.07) is 6.51. The van der Waals surface area contributed by atoms with E-state index in [1.165, 1.54) is 14.2 Å². The summed E-state index contributed by atoms with van der Waals surface area (Å²) in [5, 5.41) is 0. The lowest BCUT2D eigenvalue weighted by Gasteiger charge is -2.45. The number of benzene rings is 1. The number of allylic oxidation sites excluding steroid dienone is 1. The largest absolute Gasteiger partial charge is 0.497 e. The zero-order valence-electron chi connectivity index (χ0n) is 15.0. The van der Waals surface area contributed by atoms with Crippen molar-refractivity contribution in [3.8, 4) is 5.75 Å². The number of rotatable bonds is 4. The van der Waals surface area contributed by atoms with Crippen molar-refractivity contribution in [3.63, 3.8) is 0 Å². The molecule has 1 unspecified atom stereocenters. The van der Waals surface area contributed by atoms with Crippen LogP contribution in [0.5, 0.6) is 5.75 Å². The predicted molar refractivity (Wildman–Crippen MR) is 90.5 cm³/mol. The van der Waals surface area contributed by atoms with Gasteiger partial charge in [0.15, 0.2) is 5.78 Å². The van der Waals surface area contributed by atoms with Crippen molar-refractivity contribution < 1.29 is 32.2 Å². The molecule has 0 saturated carbocycles. The van der Waals surface area contributed by atoms with Crippen LogP contribution in [-0.4, -0.2) is 56.2 Å². The highest BCUT2D eigenvalue weighted by atomic mass is 19.4. The second-order valence-corrected chi connectivity index (χ2v) is 6.47. The van der Waals surface area contributed by atoms with Crippen LogP contribution in [0.4, 0.5) is 13.2 Å². The topological polar surface area (TPSA) is 55.8 Å². The molecular formula is C19H18F3NO4. The third-order valence-electron chi connectivity index (χ3n) is 5.05. The fourth-order valence-corrected chi connectivity index (χ4v) is 3.47. The number of Topliss-reactive ketones (excluding diaryl/α,β-unsaturated/α-hetero) is 1. The lowest BCUT2D eigenvalue weighted by Crippen LogP contribution is -2.64. The first-order valence-corrected chi connectivity index (χ1v) is 8.15. The SMILES string of the molecule is COC(=O)C1(C(F)(F)F)C=C2CC(C(=O)c3ccc(OC)cc3)=C2CN1C. The maximum absolute atomic E-state index is 13.7. The van der Waals surface area contributed by atoms with Gasteiger partial charge in [-0.1, -0.05) is 0 Å². The van der Waals surface area contributed by atoms with Crippen molar-refractivity contribution in [1.29, 1.82) is 0 Å². The molecule has 3 rings (SSSR count). The number of nitrogens with zero attached hydrogens (tertiary/aromatic N) is 1. The van der Waals surface area contributed by atoms with Gasteiger partial charge in [0.05, 0.1) is 14.2 Å². The number of halogens is 3. The van der Waals surface area contributed by atoms with Crippen molar-refractivity contribution >= 4 is 11.8 Å². The molecule has 0 spiro atoms. The molecule has 0 N–H and O–H groups in total. The van der Waals surface area contributed by atoms with Crippen LogP contribution < -0.4 is 4.74 Å². The molecule has 0 fully saturated rings. The van der Waals surface area contributed by atoms with Gasteiger partial charge in [-0.3, -0.25) is 9.69 Å². The Labute approximate surface area is 154 Å². The predicted octanol–water partition coefficient (Wildman–Crippen LogP) is 2.92. The first-order valence-electron chi connectivity index (χ1n) is 8.15. The van der Waals surface area contributed by atoms with Crippen LogP contribution in [0.15, 0.2) is 47.1 Å². The molecule has 144 valence electrons. The normalized spacial score (nSPS) is 22.5. The van der Waals surface area contributed by atoms with E-state index in [0.29, 0.717) is 28.0 Å². The summed E-state index contributed by atoms with van der Waals surface area (Å²) < 4.78 is 50.6. The molecule has 0 saturated heterocycles. The van der Waals surface area contributed by atoms with Gasteiger partial charge in [0.1, 0.15) is 5.75 Å². The number of hydrogen-bond acceptors (Lipinski definition) is 5. The molecule has 1 aromatic carbocycles. The number of esters is 1. The van der Waals surface area contributed by atoms with Crippen LogP contribution >= 0.6 is 0 Å². The van der Waals surface area contributed by atoms with E-state index in [-0.39, 0.29) is 18.7 Å². The highest BCUT2D eigenvalue weighted by Gasteiger charge is 2.65. The van der Waals surface area contributed by atoms with E-state index in [1.54, 1.807) is 24.3 Å². The summed E-state index contributed by atoms with van der Waals surface area (Å²) in [5.74, 6) is -1.03. The molecular weight excluding hydrogens is 363 g/mol. The van der Waals surface area contributed by atoms with Gasteiger partial charge >= 0.3 is 12.1 Å². The average Bonchev–Trinajstić information content (AvgIpc) is 2.63. The van der Waals surface area contributed by atoms with E-state index in [0.717, 1.165) is 18.1 Å². The van der Waals surface area contributed by atoms with Crippen LogP contribution in [0.25, 0.3) is 0 Å². The number of ether oxygens (including phenoxy) is 2. The summed E-state index contributed by atoms with van der Waals surface area (Å²) in [6.45, 7) is -0.169. The van der Waals surface area contributed by atoms with E-state index in [2.05, 4.69) is 4.74 Å². The number of hydrogen-bond donors (Lipinski definition) is 0. The standard InChI is InChI=1S/C19H18F3NO4/c1-23-10-15-12(9-18(23,17(25)27-3)19(20,21)22)8-14(15)16(24)11-4-6-13(26-2)7-5-11/h4-7,9H,8,10H2,1-3H3. The number of likely N-dealkylation sites (N-methyl/N-ethyl adjacent to an activating group) is 1. The van der Waals surface area contributed by atoms with Crippen molar-refractivity contribution in [2.24, 2.45) is 0 Å². The van der Waals surface area contributed by atoms with Crippen LogP contribution in [0.1, 0.15) is 16.8 Å². The van der Waals surface area contributed by atoms with Gasteiger partial charge in [-0.25, -0.2) is 4.79 Å². The van der Waals surface area contributed by atoms with Gasteiger partial charge in [0, 0.05) is 24.1 Å². The third-order valence-corrected chi connectivity index (χ3v) is 5.05. The molecule has 27 heavy (non-hydrogen) atoms. The van der Waals surface area contributed by atoms with Crippen LogP contribution in [0.3, 0.4) is 0 Å². The molecule has 1 aromatic rings.